The Hall–Kier alpha value is -0.800. The second-order valence-corrected chi connectivity index (χ2v) is 8.24. The van der Waals surface area contributed by atoms with Gasteiger partial charge in [0.1, 0.15) is 24.4 Å². The first kappa shape index (κ1) is 22.5. The molecule has 0 radical (unpaired) electrons. The molecule has 27 heavy (non-hydrogen) atoms. The lowest BCUT2D eigenvalue weighted by Gasteiger charge is -2.43. The minimum atomic E-state index is -1.43. The predicted molar refractivity (Wildman–Crippen MR) is 100.0 cm³/mol. The van der Waals surface area contributed by atoms with Crippen LogP contribution in [0, 0.1) is 5.41 Å². The van der Waals surface area contributed by atoms with Gasteiger partial charge < -0.3 is 34.6 Å². The molecular weight excluding hydrogens is 352 g/mol. The quantitative estimate of drug-likeness (QED) is 0.537. The highest BCUT2D eigenvalue weighted by atomic mass is 16.7. The van der Waals surface area contributed by atoms with Crippen molar-refractivity contribution in [2.24, 2.45) is 5.41 Å². The van der Waals surface area contributed by atoms with Gasteiger partial charge in [-0.05, 0) is 37.7 Å². The lowest BCUT2D eigenvalue weighted by Crippen LogP contribution is -2.59. The normalized spacial score (nSPS) is 38.4. The van der Waals surface area contributed by atoms with Crippen LogP contribution in [0.2, 0.25) is 0 Å². The first-order valence-electron chi connectivity index (χ1n) is 9.48. The van der Waals surface area contributed by atoms with Gasteiger partial charge in [-0.25, -0.2) is 0 Å². The minimum absolute atomic E-state index is 0.0317. The van der Waals surface area contributed by atoms with E-state index < -0.39 is 37.3 Å². The Kier molecular flexibility index (Phi) is 7.61. The number of ether oxygens (including phenoxy) is 3. The van der Waals surface area contributed by atoms with E-state index in [0.717, 1.165) is 0 Å². The van der Waals surface area contributed by atoms with Gasteiger partial charge >= 0.3 is 0 Å². The van der Waals surface area contributed by atoms with Crippen molar-refractivity contribution in [1.29, 1.82) is 0 Å². The second-order valence-electron chi connectivity index (χ2n) is 8.24. The predicted octanol–water partition coefficient (Wildman–Crippen LogP) is 0.899. The van der Waals surface area contributed by atoms with Crippen molar-refractivity contribution in [3.8, 4) is 0 Å². The molecule has 4 N–H and O–H groups in total. The van der Waals surface area contributed by atoms with Crippen molar-refractivity contribution >= 4 is 0 Å². The number of allylic oxidation sites excluding steroid dienone is 2. The number of aliphatic hydroxyl groups excluding tert-OH is 4. The van der Waals surface area contributed by atoms with Crippen molar-refractivity contribution in [3.63, 3.8) is 0 Å². The van der Waals surface area contributed by atoms with Gasteiger partial charge in [-0.2, -0.15) is 0 Å². The van der Waals surface area contributed by atoms with Crippen molar-refractivity contribution < 1.29 is 34.6 Å². The van der Waals surface area contributed by atoms with Gasteiger partial charge in [-0.15, -0.1) is 0 Å². The van der Waals surface area contributed by atoms with Gasteiger partial charge in [0.2, 0.25) is 0 Å². The molecule has 0 aromatic carbocycles. The highest BCUT2D eigenvalue weighted by Gasteiger charge is 2.45. The minimum Gasteiger partial charge on any atom is -0.394 e. The third-order valence-corrected chi connectivity index (χ3v) is 5.54. The monoisotopic (exact) mass is 386 g/mol. The number of rotatable bonds is 6. The molecule has 1 aliphatic heterocycles. The number of hydrogen-bond donors (Lipinski definition) is 4. The van der Waals surface area contributed by atoms with E-state index in [1.807, 2.05) is 13.0 Å². The van der Waals surface area contributed by atoms with E-state index in [0.29, 0.717) is 12.8 Å². The average molecular weight is 386 g/mol. The lowest BCUT2D eigenvalue weighted by molar-refractivity contribution is -0.313. The van der Waals surface area contributed by atoms with Crippen LogP contribution in [0.3, 0.4) is 0 Å². The zero-order chi connectivity index (χ0) is 20.4. The van der Waals surface area contributed by atoms with Crippen LogP contribution in [0.4, 0.5) is 0 Å². The molecule has 156 valence electrons. The standard InChI is InChI=1S/C20H34O7/c1-11-8-13(9-20(3,4)14(11)7-6-12(2)25-5)26-19-18(24)17(23)16(22)15(10-21)27-19/h6-7,12-13,15-19,21-24H,8-10H2,1-5H3/b7-6+/t12-,13+,15+,16+,17-,18+,19+/m0/s1. The van der Waals surface area contributed by atoms with Crippen molar-refractivity contribution in [3.05, 3.63) is 23.3 Å². The molecule has 7 nitrogen and oxygen atoms in total. The summed E-state index contributed by atoms with van der Waals surface area (Å²) >= 11 is 0. The maximum atomic E-state index is 10.2. The van der Waals surface area contributed by atoms with E-state index in [9.17, 15) is 20.4 Å². The lowest BCUT2D eigenvalue weighted by atomic mass is 9.71. The molecule has 7 heteroatoms. The van der Waals surface area contributed by atoms with E-state index in [2.05, 4.69) is 26.8 Å². The van der Waals surface area contributed by atoms with Gasteiger partial charge in [-0.1, -0.05) is 31.6 Å². The molecule has 1 saturated heterocycles. The molecular formula is C20H34O7. The molecule has 0 amide bonds. The Morgan fingerprint density at radius 2 is 1.89 bits per heavy atom. The summed E-state index contributed by atoms with van der Waals surface area (Å²) in [6.45, 7) is 7.84. The summed E-state index contributed by atoms with van der Waals surface area (Å²) in [6.07, 6.45) is -0.915. The van der Waals surface area contributed by atoms with Crippen LogP contribution in [0.15, 0.2) is 23.3 Å². The molecule has 1 heterocycles. The van der Waals surface area contributed by atoms with Gasteiger partial charge in [0.05, 0.1) is 18.8 Å². The molecule has 0 spiro atoms. The molecule has 0 saturated carbocycles. The number of methoxy groups -OCH3 is 1. The molecule has 1 aliphatic carbocycles. The largest absolute Gasteiger partial charge is 0.394 e. The fourth-order valence-corrected chi connectivity index (χ4v) is 3.92. The summed E-state index contributed by atoms with van der Waals surface area (Å²) in [7, 11) is 1.67. The summed E-state index contributed by atoms with van der Waals surface area (Å²) < 4.78 is 16.7. The topological polar surface area (TPSA) is 109 Å². The summed E-state index contributed by atoms with van der Waals surface area (Å²) in [4.78, 5) is 0. The van der Waals surface area contributed by atoms with Gasteiger partial charge in [-0.3, -0.25) is 0 Å². The van der Waals surface area contributed by atoms with E-state index in [4.69, 9.17) is 14.2 Å². The van der Waals surface area contributed by atoms with Crippen LogP contribution in [0.25, 0.3) is 0 Å². The third kappa shape index (κ3) is 5.17. The average Bonchev–Trinajstić information content (AvgIpc) is 2.60. The zero-order valence-corrected chi connectivity index (χ0v) is 16.8. The van der Waals surface area contributed by atoms with Gasteiger partial charge in [0.15, 0.2) is 6.29 Å². The fraction of sp³-hybridized carbons (Fsp3) is 0.800. The Labute approximate surface area is 161 Å². The summed E-state index contributed by atoms with van der Waals surface area (Å²) in [6, 6.07) is 0. The van der Waals surface area contributed by atoms with Gasteiger partial charge in [0.25, 0.3) is 0 Å². The van der Waals surface area contributed by atoms with Crippen LogP contribution in [0.1, 0.15) is 40.5 Å². The van der Waals surface area contributed by atoms with E-state index >= 15 is 0 Å². The number of aliphatic hydroxyl groups is 4. The Morgan fingerprint density at radius 1 is 1.22 bits per heavy atom. The molecule has 0 aromatic heterocycles. The molecule has 0 unspecified atom stereocenters. The van der Waals surface area contributed by atoms with Crippen molar-refractivity contribution in [2.45, 2.75) is 83.5 Å². The third-order valence-electron chi connectivity index (χ3n) is 5.54. The highest BCUT2D eigenvalue weighted by Crippen LogP contribution is 2.42. The number of hydrogen-bond acceptors (Lipinski definition) is 7. The molecule has 7 atom stereocenters. The smallest absolute Gasteiger partial charge is 0.186 e. The van der Waals surface area contributed by atoms with Crippen LogP contribution < -0.4 is 0 Å². The highest BCUT2D eigenvalue weighted by molar-refractivity contribution is 5.34. The van der Waals surface area contributed by atoms with Crippen LogP contribution >= 0.6 is 0 Å². The van der Waals surface area contributed by atoms with E-state index in [1.165, 1.54) is 11.1 Å². The zero-order valence-electron chi connectivity index (χ0n) is 16.8. The SMILES string of the molecule is CO[C@@H](C)/C=C/C1=C(C)C[C@@H](O[C@@H]2O[C@H](CO)[C@@H](O)[C@H](O)[C@H]2O)CC1(C)C. The second kappa shape index (κ2) is 9.13. The molecule has 2 aliphatic rings. The van der Waals surface area contributed by atoms with Crippen molar-refractivity contribution in [1.82, 2.24) is 0 Å². The summed E-state index contributed by atoms with van der Waals surface area (Å²) in [5, 5.41) is 39.3. The fourth-order valence-electron chi connectivity index (χ4n) is 3.92. The maximum Gasteiger partial charge on any atom is 0.186 e. The van der Waals surface area contributed by atoms with E-state index in [1.54, 1.807) is 7.11 Å². The molecule has 0 aromatic rings. The Bertz CT molecular complexity index is 555. The van der Waals surface area contributed by atoms with Crippen LogP contribution in [-0.4, -0.2) is 77.1 Å². The first-order chi connectivity index (χ1) is 12.6. The van der Waals surface area contributed by atoms with Crippen LogP contribution in [-0.2, 0) is 14.2 Å². The van der Waals surface area contributed by atoms with Crippen LogP contribution in [0.5, 0.6) is 0 Å². The molecule has 2 rings (SSSR count). The molecule has 0 bridgehead atoms. The maximum absolute atomic E-state index is 10.2. The van der Waals surface area contributed by atoms with E-state index in [-0.39, 0.29) is 17.6 Å². The first-order valence-corrected chi connectivity index (χ1v) is 9.48. The van der Waals surface area contributed by atoms with Crippen molar-refractivity contribution in [2.75, 3.05) is 13.7 Å². The Morgan fingerprint density at radius 3 is 2.44 bits per heavy atom. The molecule has 1 fully saturated rings. The summed E-state index contributed by atoms with van der Waals surface area (Å²) in [5.41, 5.74) is 2.27. The van der Waals surface area contributed by atoms with Gasteiger partial charge in [0, 0.05) is 7.11 Å². The Balaban J connectivity index is 2.11. The summed E-state index contributed by atoms with van der Waals surface area (Å²) in [5.74, 6) is 0.